The van der Waals surface area contributed by atoms with Gasteiger partial charge in [0.25, 0.3) is 0 Å². The van der Waals surface area contributed by atoms with Crippen LogP contribution in [0.25, 0.3) is 0 Å². The molecule has 0 aromatic rings. The van der Waals surface area contributed by atoms with Gasteiger partial charge in [0.1, 0.15) is 0 Å². The zero-order valence-electron chi connectivity index (χ0n) is 42.3. The van der Waals surface area contributed by atoms with Crippen LogP contribution in [0.1, 0.15) is 0 Å². The van der Waals surface area contributed by atoms with E-state index < -0.39 is 196 Å². The van der Waals surface area contributed by atoms with E-state index in [0.29, 0.717) is 0 Å². The van der Waals surface area contributed by atoms with Gasteiger partial charge < -0.3 is 0 Å². The molecular weight excluding hydrogens is 1690 g/mol. The summed E-state index contributed by atoms with van der Waals surface area (Å²) in [5.74, 6) is -338. The first kappa shape index (κ1) is 96.3. The van der Waals surface area contributed by atoms with Gasteiger partial charge in [0.2, 0.25) is 23.3 Å². The summed E-state index contributed by atoms with van der Waals surface area (Å²) in [5.41, 5.74) is 0. The monoisotopic (exact) mass is 1690 g/mol. The molecule has 0 aliphatic carbocycles. The second-order valence-electron chi connectivity index (χ2n) is 19.1. The first-order valence-corrected chi connectivity index (χ1v) is 21.0. The van der Waals surface area contributed by atoms with E-state index in [4.69, 9.17) is 0 Å². The molecule has 0 saturated heterocycles. The smallest absolute Gasteiger partial charge is 0.244 e. The van der Waals surface area contributed by atoms with Crippen LogP contribution >= 0.6 is 0 Å². The Balaban J connectivity index is 12.2. The van der Waals surface area contributed by atoms with E-state index in [1.807, 2.05) is 0 Å². The molecule has 0 saturated carbocycles. The van der Waals surface area contributed by atoms with Gasteiger partial charge in [-0.25, -0.2) is 35.1 Å². The number of alkyl halides is 68. The summed E-state index contributed by atoms with van der Waals surface area (Å²) in [6.07, 6.45) is -54.4. The molecular formula is C32BF68-. The summed E-state index contributed by atoms with van der Waals surface area (Å²) in [7, 11) is 0. The maximum absolute atomic E-state index is 16.6. The predicted molar refractivity (Wildman–Crippen MR) is 168 cm³/mol. The fraction of sp³-hybridized carbons (Fsp3) is 1.00. The fourth-order valence-electron chi connectivity index (χ4n) is 7.16. The molecule has 101 heavy (non-hydrogen) atoms. The number of hydrogen-bond acceptors (Lipinski definition) is 0. The van der Waals surface area contributed by atoms with E-state index in [1.165, 1.54) is 0 Å². The molecule has 0 aliphatic heterocycles. The van der Waals surface area contributed by atoms with E-state index in [0.717, 1.165) is 0 Å². The molecule has 69 heteroatoms. The summed E-state index contributed by atoms with van der Waals surface area (Å²) in [6.45, 7) is 0. The van der Waals surface area contributed by atoms with E-state index in [2.05, 4.69) is 0 Å². The number of halogens is 68. The van der Waals surface area contributed by atoms with Crippen LogP contribution in [0.5, 0.6) is 0 Å². The van der Waals surface area contributed by atoms with Crippen molar-refractivity contribution in [3.63, 3.8) is 0 Å². The van der Waals surface area contributed by atoms with E-state index in [9.17, 15) is 193 Å². The van der Waals surface area contributed by atoms with Crippen molar-refractivity contribution < 1.29 is 299 Å². The normalized spacial score (nSPS) is 17.7. The van der Waals surface area contributed by atoms with Crippen LogP contribution < -0.4 is 0 Å². The minimum Gasteiger partial charge on any atom is -0.244 e. The maximum atomic E-state index is 16.4. The third-order valence-electron chi connectivity index (χ3n) is 13.2. The highest BCUT2D eigenvalue weighted by molar-refractivity contribution is 6.89. The van der Waals surface area contributed by atoms with E-state index in [-0.39, 0.29) is 0 Å². The van der Waals surface area contributed by atoms with E-state index in [1.54, 1.807) is 0 Å². The van der Waals surface area contributed by atoms with Crippen molar-refractivity contribution in [2.45, 2.75) is 190 Å². The van der Waals surface area contributed by atoms with Gasteiger partial charge in [0, 0.05) is 0 Å². The highest BCUT2D eigenvalue weighted by Crippen LogP contribution is 2.79. The first-order chi connectivity index (χ1) is 42.0. The molecule has 0 amide bonds. The summed E-state index contributed by atoms with van der Waals surface area (Å²) >= 11 is 0. The van der Waals surface area contributed by atoms with Gasteiger partial charge in [0.05, 0.1) is 0 Å². The zero-order chi connectivity index (χ0) is 84.5. The van der Waals surface area contributed by atoms with Crippen molar-refractivity contribution in [1.29, 1.82) is 0 Å². The molecule has 0 atom stereocenters. The van der Waals surface area contributed by atoms with E-state index >= 15 is 105 Å². The van der Waals surface area contributed by atoms with Gasteiger partial charge in [-0.15, -0.1) is 0 Å². The summed E-state index contributed by atoms with van der Waals surface area (Å²) in [4.78, 5) is 0. The standard InChI is InChI=1S/C32BF68/c34-1(35,5(42,43)13(58,59)21(74,75)29(90,91)92)9(50,51)17(66,67)25(82,83)33(26(84,85)18(68,69)10(52,53)2(36,37)6(44,45)14(60,61)22(76,77)30(93,94)95,27(86,87)19(70,71)11(54,55)3(38,39)7(46,47)15(62,63)23(78,79)31(96,97)98)28(88,89)20(72,73)12(56,57)4(40,41)8(48,49)16(64,65)24(80,81)32(99,100)101/q-1. The third-order valence-corrected chi connectivity index (χ3v) is 13.2. The minimum absolute atomic E-state index is 9.45. The molecule has 0 heterocycles. The van der Waals surface area contributed by atoms with Crippen molar-refractivity contribution in [2.75, 3.05) is 0 Å². The minimum atomic E-state index is -16.6. The fourth-order valence-corrected chi connectivity index (χ4v) is 7.16. The van der Waals surface area contributed by atoms with Crippen molar-refractivity contribution in [3.05, 3.63) is 0 Å². The SMILES string of the molecule is FC(F)(F)C(F)(F)C(F)(F)C(F)(F)C(F)(F)C(F)(F)C(F)(F)C(F)(F)[B-](C(F)(F)C(F)(F)C(F)(F)C(F)(F)C(F)(F)C(F)(F)C(F)(F)C(F)(F)F)(C(F)(F)C(F)(F)C(F)(F)C(F)(F)C(F)(F)C(F)(F)C(F)(F)C(F)(F)F)C(F)(F)C(F)(F)C(F)(F)C(F)(F)C(F)(F)C(F)(F)C(F)(F)C(F)(F)F. The molecule has 608 valence electrons. The molecule has 0 spiro atoms. The van der Waals surface area contributed by atoms with Crippen LogP contribution in [0.15, 0.2) is 0 Å². The summed E-state index contributed by atoms with van der Waals surface area (Å²) < 4.78 is 977. The van der Waals surface area contributed by atoms with Gasteiger partial charge in [-0.05, 0) is 0 Å². The molecule has 0 aromatic carbocycles. The van der Waals surface area contributed by atoms with Crippen molar-refractivity contribution in [1.82, 2.24) is 0 Å². The lowest BCUT2D eigenvalue weighted by molar-refractivity contribution is -0.468. The van der Waals surface area contributed by atoms with Gasteiger partial charge in [-0.2, -0.15) is 263 Å². The Kier molecular flexibility index (Phi) is 21.6. The molecule has 0 nitrogen and oxygen atoms in total. The number of hydrogen-bond donors (Lipinski definition) is 0. The van der Waals surface area contributed by atoms with Gasteiger partial charge in [0.15, 0.2) is 0 Å². The lowest BCUT2D eigenvalue weighted by atomic mass is 9.08. The zero-order valence-corrected chi connectivity index (χ0v) is 42.3. The average Bonchev–Trinajstić information content (AvgIpc) is 0.632. The second-order valence-corrected chi connectivity index (χ2v) is 19.1. The maximum Gasteiger partial charge on any atom is 0.460 e. The Hall–Kier alpha value is -4.70. The molecule has 0 bridgehead atoms. The van der Waals surface area contributed by atoms with Crippen LogP contribution in [0, 0.1) is 0 Å². The average molecular weight is 1690 g/mol. The predicted octanol–water partition coefficient (Wildman–Crippen LogP) is 21.6. The largest absolute Gasteiger partial charge is 0.460 e. The lowest BCUT2D eigenvalue weighted by Gasteiger charge is -2.63. The van der Waals surface area contributed by atoms with Crippen LogP contribution in [0.4, 0.5) is 299 Å². The Bertz CT molecular complexity index is 2570. The molecule has 0 fully saturated rings. The molecule has 0 unspecified atom stereocenters. The quantitative estimate of drug-likeness (QED) is 0.0541. The Morgan fingerprint density at radius 1 is 0.0792 bits per heavy atom. The van der Waals surface area contributed by atoms with Crippen LogP contribution in [0.2, 0.25) is 0 Å². The molecule has 0 aliphatic rings. The summed E-state index contributed by atoms with van der Waals surface area (Å²) in [5, 5.41) is 0. The van der Waals surface area contributed by atoms with Crippen LogP contribution in [0.3, 0.4) is 0 Å². The molecule has 0 rings (SSSR count). The molecule has 0 radical (unpaired) electrons. The number of rotatable bonds is 28. The second kappa shape index (κ2) is 22.7. The molecule has 0 N–H and O–H groups in total. The van der Waals surface area contributed by atoms with Crippen LogP contribution in [-0.4, -0.2) is 196 Å². The van der Waals surface area contributed by atoms with Crippen molar-refractivity contribution >= 4 is 6.15 Å². The van der Waals surface area contributed by atoms with Crippen molar-refractivity contribution in [3.8, 4) is 0 Å². The molecule has 0 aromatic heterocycles. The Morgan fingerprint density at radius 3 is 0.208 bits per heavy atom. The van der Waals surface area contributed by atoms with Gasteiger partial charge in [-0.3, -0.25) is 0 Å². The summed E-state index contributed by atoms with van der Waals surface area (Å²) in [6, 6.07) is 0. The first-order valence-electron chi connectivity index (χ1n) is 21.0. The van der Waals surface area contributed by atoms with Gasteiger partial charge >= 0.3 is 173 Å². The third kappa shape index (κ3) is 10.3. The topological polar surface area (TPSA) is 0 Å². The highest BCUT2D eigenvalue weighted by atomic mass is 19.5. The van der Waals surface area contributed by atoms with Crippen LogP contribution in [-0.2, 0) is 0 Å². The van der Waals surface area contributed by atoms with Crippen molar-refractivity contribution in [2.24, 2.45) is 0 Å². The highest BCUT2D eigenvalue weighted by Gasteiger charge is 3.10. The Labute approximate surface area is 496 Å². The lowest BCUT2D eigenvalue weighted by Crippen LogP contribution is -2.98. The Morgan fingerprint density at radius 2 is 0.139 bits per heavy atom. The van der Waals surface area contributed by atoms with Gasteiger partial charge in [-0.1, -0.05) is 0 Å².